The summed E-state index contributed by atoms with van der Waals surface area (Å²) in [5.41, 5.74) is 7.17. The van der Waals surface area contributed by atoms with E-state index < -0.39 is 5.54 Å². The molecule has 7 nitrogen and oxygen atoms in total. The summed E-state index contributed by atoms with van der Waals surface area (Å²) in [6.07, 6.45) is 3.15. The number of benzene rings is 1. The van der Waals surface area contributed by atoms with Gasteiger partial charge in [0.2, 0.25) is 10.1 Å². The quantitative estimate of drug-likeness (QED) is 0.694. The molecule has 0 amide bonds. The lowest BCUT2D eigenvalue weighted by Crippen LogP contribution is -2.52. The van der Waals surface area contributed by atoms with Gasteiger partial charge in [-0.25, -0.2) is 13.9 Å². The lowest BCUT2D eigenvalue weighted by atomic mass is 9.90. The standard InChI is InChI=1S/C18H22FN5O2S/c1-2-26-15-9-12(19)3-4-13(15)14-10-21-16-24(14)22-17(27-16)23-7-5-18(20,11-25)6-8-23/h3-4,9-10,25H,2,5-8,11,20H2,1H3. The van der Waals surface area contributed by atoms with E-state index in [-0.39, 0.29) is 12.4 Å². The monoisotopic (exact) mass is 391 g/mol. The lowest BCUT2D eigenvalue weighted by Gasteiger charge is -2.37. The zero-order valence-corrected chi connectivity index (χ0v) is 15.9. The van der Waals surface area contributed by atoms with Gasteiger partial charge in [-0.3, -0.25) is 0 Å². The molecule has 4 rings (SSSR count). The first-order valence-corrected chi connectivity index (χ1v) is 9.76. The average molecular weight is 391 g/mol. The molecule has 9 heteroatoms. The van der Waals surface area contributed by atoms with Gasteiger partial charge in [-0.05, 0) is 31.9 Å². The summed E-state index contributed by atoms with van der Waals surface area (Å²) in [6, 6.07) is 4.48. The second-order valence-electron chi connectivity index (χ2n) is 6.80. The second-order valence-corrected chi connectivity index (χ2v) is 7.74. The maximum absolute atomic E-state index is 13.6. The minimum Gasteiger partial charge on any atom is -0.493 e. The van der Waals surface area contributed by atoms with Gasteiger partial charge in [0, 0.05) is 30.3 Å². The number of fused-ring (bicyclic) bond motifs is 1. The fourth-order valence-electron chi connectivity index (χ4n) is 3.28. The van der Waals surface area contributed by atoms with Crippen LogP contribution in [0.1, 0.15) is 19.8 Å². The van der Waals surface area contributed by atoms with Gasteiger partial charge >= 0.3 is 0 Å². The fraction of sp³-hybridized carbons (Fsp3) is 0.444. The molecular weight excluding hydrogens is 369 g/mol. The summed E-state index contributed by atoms with van der Waals surface area (Å²) in [4.78, 5) is 7.38. The number of imidazole rings is 1. The van der Waals surface area contributed by atoms with Crippen LogP contribution in [0.4, 0.5) is 9.52 Å². The lowest BCUT2D eigenvalue weighted by molar-refractivity contribution is 0.170. The summed E-state index contributed by atoms with van der Waals surface area (Å²) in [7, 11) is 0. The van der Waals surface area contributed by atoms with E-state index in [0.29, 0.717) is 25.2 Å². The molecule has 1 saturated heterocycles. The summed E-state index contributed by atoms with van der Waals surface area (Å²) in [6.45, 7) is 3.78. The zero-order chi connectivity index (χ0) is 19.0. The van der Waals surface area contributed by atoms with E-state index in [1.165, 1.54) is 23.5 Å². The third kappa shape index (κ3) is 3.38. The molecule has 0 atom stereocenters. The first-order chi connectivity index (χ1) is 13.0. The highest BCUT2D eigenvalue weighted by atomic mass is 32.1. The van der Waals surface area contributed by atoms with Crippen molar-refractivity contribution in [3.05, 3.63) is 30.2 Å². The molecule has 1 aliphatic rings. The van der Waals surface area contributed by atoms with Crippen LogP contribution in [-0.4, -0.2) is 51.5 Å². The molecule has 3 aromatic rings. The third-order valence-corrected chi connectivity index (χ3v) is 5.92. The third-order valence-electron chi connectivity index (χ3n) is 4.94. The molecule has 3 N–H and O–H groups in total. The second kappa shape index (κ2) is 7.06. The van der Waals surface area contributed by atoms with Crippen molar-refractivity contribution in [1.29, 1.82) is 0 Å². The number of nitrogens with two attached hydrogens (primary N) is 1. The van der Waals surface area contributed by atoms with Crippen molar-refractivity contribution < 1.29 is 14.2 Å². The van der Waals surface area contributed by atoms with E-state index in [4.69, 9.17) is 15.6 Å². The van der Waals surface area contributed by atoms with E-state index in [1.807, 2.05) is 6.92 Å². The maximum atomic E-state index is 13.6. The van der Waals surface area contributed by atoms with E-state index in [0.717, 1.165) is 34.4 Å². The highest BCUT2D eigenvalue weighted by Crippen LogP contribution is 2.34. The Morgan fingerprint density at radius 2 is 2.15 bits per heavy atom. The molecule has 0 radical (unpaired) electrons. The Bertz CT molecular complexity index is 949. The van der Waals surface area contributed by atoms with Crippen molar-refractivity contribution >= 4 is 21.4 Å². The minimum absolute atomic E-state index is 0.00303. The van der Waals surface area contributed by atoms with Crippen LogP contribution in [0, 0.1) is 5.82 Å². The van der Waals surface area contributed by atoms with Crippen LogP contribution in [-0.2, 0) is 0 Å². The molecule has 0 unspecified atom stereocenters. The smallest absolute Gasteiger partial charge is 0.214 e. The van der Waals surface area contributed by atoms with Crippen LogP contribution < -0.4 is 15.4 Å². The molecule has 2 aromatic heterocycles. The van der Waals surface area contributed by atoms with Gasteiger partial charge < -0.3 is 20.5 Å². The molecule has 27 heavy (non-hydrogen) atoms. The Balaban J connectivity index is 1.66. The van der Waals surface area contributed by atoms with Crippen molar-refractivity contribution in [3.8, 4) is 17.0 Å². The van der Waals surface area contributed by atoms with E-state index >= 15 is 0 Å². The van der Waals surface area contributed by atoms with Gasteiger partial charge in [0.1, 0.15) is 11.6 Å². The molecule has 1 aromatic carbocycles. The van der Waals surface area contributed by atoms with Gasteiger partial charge in [0.25, 0.3) is 0 Å². The van der Waals surface area contributed by atoms with E-state index in [9.17, 15) is 9.50 Å². The Morgan fingerprint density at radius 3 is 2.85 bits per heavy atom. The number of hydrogen-bond acceptors (Lipinski definition) is 7. The number of nitrogens with zero attached hydrogens (tertiary/aromatic N) is 4. The van der Waals surface area contributed by atoms with Gasteiger partial charge in [-0.2, -0.15) is 0 Å². The Hall–Kier alpha value is -2.23. The number of anilines is 1. The highest BCUT2D eigenvalue weighted by Gasteiger charge is 2.31. The number of hydrogen-bond donors (Lipinski definition) is 2. The molecule has 0 aliphatic carbocycles. The van der Waals surface area contributed by atoms with Crippen LogP contribution in [0.15, 0.2) is 24.4 Å². The molecule has 0 bridgehead atoms. The SMILES string of the molecule is CCOc1cc(F)ccc1-c1cnc2sc(N3CCC(N)(CO)CC3)nn12. The molecule has 0 saturated carbocycles. The number of rotatable bonds is 5. The van der Waals surface area contributed by atoms with Crippen LogP contribution >= 0.6 is 11.3 Å². The van der Waals surface area contributed by atoms with Crippen LogP contribution in [0.2, 0.25) is 0 Å². The van der Waals surface area contributed by atoms with Crippen LogP contribution in [0.3, 0.4) is 0 Å². The van der Waals surface area contributed by atoms with Crippen LogP contribution in [0.5, 0.6) is 5.75 Å². The van der Waals surface area contributed by atoms with E-state index in [1.54, 1.807) is 16.8 Å². The van der Waals surface area contributed by atoms with Crippen molar-refractivity contribution in [2.75, 3.05) is 31.2 Å². The minimum atomic E-state index is -0.500. The summed E-state index contributed by atoms with van der Waals surface area (Å²) >= 11 is 1.50. The normalized spacial score (nSPS) is 16.8. The number of aliphatic hydroxyl groups is 1. The van der Waals surface area contributed by atoms with Crippen molar-refractivity contribution in [1.82, 2.24) is 14.6 Å². The van der Waals surface area contributed by atoms with E-state index in [2.05, 4.69) is 9.88 Å². The number of aromatic nitrogens is 3. The first-order valence-electron chi connectivity index (χ1n) is 8.95. The Morgan fingerprint density at radius 1 is 1.37 bits per heavy atom. The summed E-state index contributed by atoms with van der Waals surface area (Å²) in [5, 5.41) is 15.0. The average Bonchev–Trinajstić information content (AvgIpc) is 3.24. The molecule has 0 spiro atoms. The van der Waals surface area contributed by atoms with Gasteiger partial charge in [0.05, 0.1) is 25.1 Å². The number of ether oxygens (including phenoxy) is 1. The molecule has 144 valence electrons. The number of piperidine rings is 1. The number of aliphatic hydroxyl groups excluding tert-OH is 1. The fourth-order valence-corrected chi connectivity index (χ4v) is 4.21. The van der Waals surface area contributed by atoms with Gasteiger partial charge in [-0.15, -0.1) is 5.10 Å². The maximum Gasteiger partial charge on any atom is 0.214 e. The van der Waals surface area contributed by atoms with Gasteiger partial charge in [-0.1, -0.05) is 11.3 Å². The largest absolute Gasteiger partial charge is 0.493 e. The van der Waals surface area contributed by atoms with Crippen molar-refractivity contribution in [2.24, 2.45) is 5.73 Å². The predicted octanol–water partition coefficient (Wildman–Crippen LogP) is 2.29. The molecular formula is C18H22FN5O2S. The number of halogens is 1. The van der Waals surface area contributed by atoms with Crippen molar-refractivity contribution in [2.45, 2.75) is 25.3 Å². The topological polar surface area (TPSA) is 88.9 Å². The molecule has 1 fully saturated rings. The van der Waals surface area contributed by atoms with Crippen LogP contribution in [0.25, 0.3) is 16.2 Å². The first kappa shape index (κ1) is 18.1. The molecule has 1 aliphatic heterocycles. The highest BCUT2D eigenvalue weighted by molar-refractivity contribution is 7.20. The van der Waals surface area contributed by atoms with Crippen molar-refractivity contribution in [3.63, 3.8) is 0 Å². The summed E-state index contributed by atoms with van der Waals surface area (Å²) < 4.78 is 21.0. The summed E-state index contributed by atoms with van der Waals surface area (Å²) in [5.74, 6) is 0.132. The zero-order valence-electron chi connectivity index (χ0n) is 15.1. The predicted molar refractivity (Wildman–Crippen MR) is 103 cm³/mol. The Labute approximate surface area is 160 Å². The van der Waals surface area contributed by atoms with Gasteiger partial charge in [0.15, 0.2) is 0 Å². The Kier molecular flexibility index (Phi) is 4.75. The molecule has 3 heterocycles.